The lowest BCUT2D eigenvalue weighted by Gasteiger charge is -2.00. The van der Waals surface area contributed by atoms with Crippen molar-refractivity contribution in [3.63, 3.8) is 0 Å². The van der Waals surface area contributed by atoms with Crippen molar-refractivity contribution in [2.45, 2.75) is 129 Å². The number of nitrogens with zero attached hydrogens (tertiary/aromatic N) is 1. The summed E-state index contributed by atoms with van der Waals surface area (Å²) in [7, 11) is 0. The number of hydrogen-bond acceptors (Lipinski definition) is 2. The summed E-state index contributed by atoms with van der Waals surface area (Å²) < 4.78 is 5.50. The van der Waals surface area contributed by atoms with E-state index in [2.05, 4.69) is 25.1 Å². The summed E-state index contributed by atoms with van der Waals surface area (Å²) in [5.41, 5.74) is 1.17. The molecule has 2 heteroatoms. The fourth-order valence-electron chi connectivity index (χ4n) is 3.46. The largest absolute Gasteiger partial charge is 0.361 e. The van der Waals surface area contributed by atoms with Crippen LogP contribution >= 0.6 is 0 Å². The maximum Gasteiger partial charge on any atom is 0.137 e. The third-order valence-electron chi connectivity index (χ3n) is 5.17. The SMILES string of the molecule is CCCCCCCCCCc1cc(CCCCCCCCCC)on1. The number of aromatic nitrogens is 1. The zero-order valence-electron chi connectivity index (χ0n) is 17.2. The summed E-state index contributed by atoms with van der Waals surface area (Å²) in [5.74, 6) is 1.10. The van der Waals surface area contributed by atoms with Gasteiger partial charge in [-0.15, -0.1) is 0 Å². The minimum absolute atomic E-state index is 1.07. The molecule has 1 rings (SSSR count). The molecule has 0 fully saturated rings. The molecule has 0 aliphatic heterocycles. The van der Waals surface area contributed by atoms with Crippen molar-refractivity contribution in [1.29, 1.82) is 0 Å². The standard InChI is InChI=1S/C23H43NO/c1-3-5-7-9-11-13-15-17-19-22-21-23(25-24-22)20-18-16-14-12-10-8-6-4-2/h21H,3-20H2,1-2H3. The van der Waals surface area contributed by atoms with E-state index in [1.807, 2.05) is 0 Å². The highest BCUT2D eigenvalue weighted by atomic mass is 16.5. The van der Waals surface area contributed by atoms with Gasteiger partial charge < -0.3 is 4.52 Å². The van der Waals surface area contributed by atoms with Gasteiger partial charge in [-0.1, -0.05) is 109 Å². The molecule has 0 saturated heterocycles. The maximum absolute atomic E-state index is 5.50. The molecular weight excluding hydrogens is 306 g/mol. The van der Waals surface area contributed by atoms with E-state index in [0.29, 0.717) is 0 Å². The second kappa shape index (κ2) is 16.7. The van der Waals surface area contributed by atoms with Crippen LogP contribution in [0.3, 0.4) is 0 Å². The molecule has 0 aromatic carbocycles. The lowest BCUT2D eigenvalue weighted by atomic mass is 10.1. The van der Waals surface area contributed by atoms with Crippen LogP contribution in [0.5, 0.6) is 0 Å². The first-order valence-corrected chi connectivity index (χ1v) is 11.3. The summed E-state index contributed by atoms with van der Waals surface area (Å²) >= 11 is 0. The highest BCUT2D eigenvalue weighted by Gasteiger charge is 2.04. The van der Waals surface area contributed by atoms with Gasteiger partial charge in [0.1, 0.15) is 5.76 Å². The Hall–Kier alpha value is -0.790. The predicted octanol–water partition coefficient (Wildman–Crippen LogP) is 8.04. The van der Waals surface area contributed by atoms with E-state index in [1.165, 1.54) is 108 Å². The Morgan fingerprint density at radius 3 is 1.56 bits per heavy atom. The minimum Gasteiger partial charge on any atom is -0.361 e. The fraction of sp³-hybridized carbons (Fsp3) is 0.870. The summed E-state index contributed by atoms with van der Waals surface area (Å²) in [5, 5.41) is 4.25. The van der Waals surface area contributed by atoms with Crippen LogP contribution in [0, 0.1) is 0 Å². The molecule has 0 aliphatic carbocycles. The first-order chi connectivity index (χ1) is 12.4. The van der Waals surface area contributed by atoms with Crippen molar-refractivity contribution in [2.24, 2.45) is 0 Å². The van der Waals surface area contributed by atoms with E-state index >= 15 is 0 Å². The Labute approximate surface area is 157 Å². The van der Waals surface area contributed by atoms with Crippen LogP contribution in [0.2, 0.25) is 0 Å². The molecule has 0 radical (unpaired) electrons. The molecule has 1 aromatic heterocycles. The van der Waals surface area contributed by atoms with Crippen LogP contribution in [-0.4, -0.2) is 5.16 Å². The fourth-order valence-corrected chi connectivity index (χ4v) is 3.46. The molecule has 1 aromatic rings. The monoisotopic (exact) mass is 349 g/mol. The molecule has 0 spiro atoms. The van der Waals surface area contributed by atoms with Gasteiger partial charge in [0.2, 0.25) is 0 Å². The van der Waals surface area contributed by atoms with Gasteiger partial charge >= 0.3 is 0 Å². The van der Waals surface area contributed by atoms with Crippen LogP contribution in [0.25, 0.3) is 0 Å². The third kappa shape index (κ3) is 13.1. The smallest absolute Gasteiger partial charge is 0.137 e. The average Bonchev–Trinajstić information content (AvgIpc) is 3.07. The van der Waals surface area contributed by atoms with Gasteiger partial charge in [-0.05, 0) is 19.3 Å². The Bertz CT molecular complexity index is 351. The Kier molecular flexibility index (Phi) is 14.8. The first kappa shape index (κ1) is 22.3. The van der Waals surface area contributed by atoms with E-state index < -0.39 is 0 Å². The molecule has 25 heavy (non-hydrogen) atoms. The van der Waals surface area contributed by atoms with Gasteiger partial charge in [-0.3, -0.25) is 0 Å². The number of hydrogen-bond donors (Lipinski definition) is 0. The molecule has 0 saturated carbocycles. The zero-order valence-corrected chi connectivity index (χ0v) is 17.2. The van der Waals surface area contributed by atoms with Gasteiger partial charge in [0.25, 0.3) is 0 Å². The van der Waals surface area contributed by atoms with Crippen molar-refractivity contribution in [1.82, 2.24) is 5.16 Å². The zero-order chi connectivity index (χ0) is 18.0. The summed E-state index contributed by atoms with van der Waals surface area (Å²) in [6, 6.07) is 2.20. The van der Waals surface area contributed by atoms with Crippen molar-refractivity contribution >= 4 is 0 Å². The van der Waals surface area contributed by atoms with Crippen molar-refractivity contribution in [3.05, 3.63) is 17.5 Å². The van der Waals surface area contributed by atoms with Gasteiger partial charge in [0, 0.05) is 12.5 Å². The quantitative estimate of drug-likeness (QED) is 0.251. The van der Waals surface area contributed by atoms with E-state index in [-0.39, 0.29) is 0 Å². The number of rotatable bonds is 18. The molecule has 2 nitrogen and oxygen atoms in total. The lowest BCUT2D eigenvalue weighted by Crippen LogP contribution is -1.86. The number of aryl methyl sites for hydroxylation is 2. The second-order valence-corrected chi connectivity index (χ2v) is 7.73. The normalized spacial score (nSPS) is 11.3. The molecule has 0 atom stereocenters. The Balaban J connectivity index is 1.93. The molecule has 0 bridgehead atoms. The van der Waals surface area contributed by atoms with Gasteiger partial charge in [0.15, 0.2) is 0 Å². The lowest BCUT2D eigenvalue weighted by molar-refractivity contribution is 0.372. The average molecular weight is 350 g/mol. The third-order valence-corrected chi connectivity index (χ3v) is 5.17. The van der Waals surface area contributed by atoms with Crippen LogP contribution < -0.4 is 0 Å². The summed E-state index contributed by atoms with van der Waals surface area (Å²) in [6.45, 7) is 4.56. The van der Waals surface area contributed by atoms with Gasteiger partial charge in [0.05, 0.1) is 5.69 Å². The van der Waals surface area contributed by atoms with Crippen molar-refractivity contribution < 1.29 is 4.52 Å². The van der Waals surface area contributed by atoms with Crippen LogP contribution in [-0.2, 0) is 12.8 Å². The molecule has 1 heterocycles. The number of unbranched alkanes of at least 4 members (excludes halogenated alkanes) is 14. The Morgan fingerprint density at radius 2 is 1.04 bits per heavy atom. The first-order valence-electron chi connectivity index (χ1n) is 11.3. The molecule has 0 unspecified atom stereocenters. The highest BCUT2D eigenvalue weighted by Crippen LogP contribution is 2.14. The van der Waals surface area contributed by atoms with Crippen LogP contribution in [0.4, 0.5) is 0 Å². The molecular formula is C23H43NO. The van der Waals surface area contributed by atoms with E-state index in [9.17, 15) is 0 Å². The Morgan fingerprint density at radius 1 is 0.600 bits per heavy atom. The summed E-state index contributed by atoms with van der Waals surface area (Å²) in [6.07, 6.45) is 24.1. The maximum atomic E-state index is 5.50. The van der Waals surface area contributed by atoms with Gasteiger partial charge in [-0.25, -0.2) is 0 Å². The van der Waals surface area contributed by atoms with E-state index in [4.69, 9.17) is 4.52 Å². The topological polar surface area (TPSA) is 26.0 Å². The van der Waals surface area contributed by atoms with E-state index in [1.54, 1.807) is 0 Å². The summed E-state index contributed by atoms with van der Waals surface area (Å²) in [4.78, 5) is 0. The molecule has 0 aliphatic rings. The minimum atomic E-state index is 1.07. The predicted molar refractivity (Wildman–Crippen MR) is 109 cm³/mol. The van der Waals surface area contributed by atoms with Crippen LogP contribution in [0.15, 0.2) is 10.6 Å². The molecule has 0 amide bonds. The second-order valence-electron chi connectivity index (χ2n) is 7.73. The molecule has 0 N–H and O–H groups in total. The van der Waals surface area contributed by atoms with Crippen molar-refractivity contribution in [3.8, 4) is 0 Å². The van der Waals surface area contributed by atoms with Crippen LogP contribution in [0.1, 0.15) is 128 Å². The highest BCUT2D eigenvalue weighted by molar-refractivity contribution is 5.05. The van der Waals surface area contributed by atoms with Crippen molar-refractivity contribution in [2.75, 3.05) is 0 Å². The van der Waals surface area contributed by atoms with E-state index in [0.717, 1.165) is 18.6 Å². The molecule has 146 valence electrons. The van der Waals surface area contributed by atoms with Gasteiger partial charge in [-0.2, -0.15) is 0 Å².